The van der Waals surface area contributed by atoms with Gasteiger partial charge in [0, 0.05) is 5.92 Å². The average Bonchev–Trinajstić information content (AvgIpc) is 2.30. The molecule has 0 atom stereocenters. The van der Waals surface area contributed by atoms with E-state index in [4.69, 9.17) is 4.74 Å². The second kappa shape index (κ2) is 4.14. The van der Waals surface area contributed by atoms with Crippen molar-refractivity contribution in [1.29, 1.82) is 0 Å². The largest absolute Gasteiger partial charge is 0.497 e. The van der Waals surface area contributed by atoms with Gasteiger partial charge in [-0.3, -0.25) is 0 Å². The van der Waals surface area contributed by atoms with E-state index in [1.807, 2.05) is 12.1 Å². The van der Waals surface area contributed by atoms with Gasteiger partial charge in [0.05, 0.1) is 7.11 Å². The fourth-order valence-corrected chi connectivity index (χ4v) is 1.66. The monoisotopic (exact) mass is 186 g/mol. The minimum Gasteiger partial charge on any atom is -0.497 e. The van der Waals surface area contributed by atoms with Crippen LogP contribution in [0, 0.1) is 0 Å². The number of hydrogen-bond acceptors (Lipinski definition) is 1. The van der Waals surface area contributed by atoms with Crippen molar-refractivity contribution in [1.82, 2.24) is 0 Å². The summed E-state index contributed by atoms with van der Waals surface area (Å²) in [5.41, 5.74) is 1.29. The molecular formula is C13H14O. The van der Waals surface area contributed by atoms with Crippen LogP contribution in [0.25, 0.3) is 0 Å². The van der Waals surface area contributed by atoms with E-state index in [0.717, 1.165) is 12.2 Å². The van der Waals surface area contributed by atoms with Crippen LogP contribution in [0.15, 0.2) is 48.6 Å². The highest BCUT2D eigenvalue weighted by molar-refractivity contribution is 5.36. The van der Waals surface area contributed by atoms with E-state index < -0.39 is 0 Å². The first-order chi connectivity index (χ1) is 6.90. The lowest BCUT2D eigenvalue weighted by molar-refractivity contribution is 0.414. The lowest BCUT2D eigenvalue weighted by atomic mass is 9.95. The van der Waals surface area contributed by atoms with Gasteiger partial charge in [0.25, 0.3) is 0 Å². The van der Waals surface area contributed by atoms with Crippen LogP contribution in [0.5, 0.6) is 5.75 Å². The van der Waals surface area contributed by atoms with Crippen LogP contribution in [0.4, 0.5) is 0 Å². The Balaban J connectivity index is 2.26. The van der Waals surface area contributed by atoms with Crippen molar-refractivity contribution in [2.45, 2.75) is 12.3 Å². The molecule has 0 N–H and O–H groups in total. The predicted molar refractivity (Wildman–Crippen MR) is 58.6 cm³/mol. The Bertz CT molecular complexity index is 351. The number of allylic oxidation sites excluding steroid dienone is 4. The van der Waals surface area contributed by atoms with E-state index in [1.54, 1.807) is 7.11 Å². The zero-order valence-electron chi connectivity index (χ0n) is 8.31. The third-order valence-corrected chi connectivity index (χ3v) is 2.44. The molecule has 0 fully saturated rings. The second-order valence-electron chi connectivity index (χ2n) is 3.39. The number of rotatable bonds is 2. The molecule has 1 aromatic carbocycles. The van der Waals surface area contributed by atoms with Crippen LogP contribution in [0.2, 0.25) is 0 Å². The first kappa shape index (κ1) is 9.07. The summed E-state index contributed by atoms with van der Waals surface area (Å²) in [5.74, 6) is 1.34. The lowest BCUT2D eigenvalue weighted by Crippen LogP contribution is -1.94. The molecule has 0 radical (unpaired) electrons. The maximum atomic E-state index is 5.20. The molecular weight excluding hydrogens is 172 g/mol. The Morgan fingerprint density at radius 2 is 2.00 bits per heavy atom. The molecule has 14 heavy (non-hydrogen) atoms. The van der Waals surface area contributed by atoms with Gasteiger partial charge in [-0.25, -0.2) is 0 Å². The van der Waals surface area contributed by atoms with Crippen LogP contribution in [-0.4, -0.2) is 7.11 Å². The van der Waals surface area contributed by atoms with E-state index in [2.05, 4.69) is 36.4 Å². The minimum absolute atomic E-state index is 0.416. The molecule has 0 aliphatic heterocycles. The summed E-state index contributed by atoms with van der Waals surface area (Å²) in [6.45, 7) is 0. The third kappa shape index (κ3) is 1.87. The molecule has 0 saturated carbocycles. The van der Waals surface area contributed by atoms with Gasteiger partial charge in [-0.2, -0.15) is 0 Å². The summed E-state index contributed by atoms with van der Waals surface area (Å²) in [4.78, 5) is 0. The smallest absolute Gasteiger partial charge is 0.119 e. The van der Waals surface area contributed by atoms with Gasteiger partial charge in [0.2, 0.25) is 0 Å². The van der Waals surface area contributed by atoms with Crippen LogP contribution in [-0.2, 0) is 0 Å². The average molecular weight is 186 g/mol. The molecule has 2 rings (SSSR count). The Labute approximate surface area is 84.7 Å². The van der Waals surface area contributed by atoms with Crippen molar-refractivity contribution in [2.24, 2.45) is 0 Å². The second-order valence-corrected chi connectivity index (χ2v) is 3.39. The van der Waals surface area contributed by atoms with Crippen molar-refractivity contribution in [2.75, 3.05) is 7.11 Å². The standard InChI is InChI=1S/C13H14O/c1-14-13-9-5-8-12(10-13)11-6-3-2-4-7-11/h3-11H,2H2,1H3. The lowest BCUT2D eigenvalue weighted by Gasteiger charge is -2.12. The fraction of sp³-hybridized carbons (Fsp3) is 0.231. The topological polar surface area (TPSA) is 9.23 Å². The zero-order chi connectivity index (χ0) is 9.80. The molecule has 0 unspecified atom stereocenters. The highest BCUT2D eigenvalue weighted by Gasteiger charge is 2.06. The van der Waals surface area contributed by atoms with Crippen LogP contribution < -0.4 is 4.74 Å². The summed E-state index contributed by atoms with van der Waals surface area (Å²) in [7, 11) is 1.70. The Kier molecular flexibility index (Phi) is 2.68. The predicted octanol–water partition coefficient (Wildman–Crippen LogP) is 3.29. The number of methoxy groups -OCH3 is 1. The molecule has 0 amide bonds. The van der Waals surface area contributed by atoms with Gasteiger partial charge in [-0.15, -0.1) is 0 Å². The van der Waals surface area contributed by atoms with E-state index in [0.29, 0.717) is 5.92 Å². The fourth-order valence-electron chi connectivity index (χ4n) is 1.66. The quantitative estimate of drug-likeness (QED) is 0.644. The maximum absolute atomic E-state index is 5.20. The van der Waals surface area contributed by atoms with Crippen molar-refractivity contribution < 1.29 is 4.74 Å². The van der Waals surface area contributed by atoms with Crippen molar-refractivity contribution in [3.05, 3.63) is 54.1 Å². The molecule has 1 aliphatic rings. The summed E-state index contributed by atoms with van der Waals surface area (Å²) < 4.78 is 5.20. The van der Waals surface area contributed by atoms with E-state index >= 15 is 0 Å². The van der Waals surface area contributed by atoms with E-state index in [1.165, 1.54) is 5.56 Å². The van der Waals surface area contributed by atoms with Crippen LogP contribution in [0.3, 0.4) is 0 Å². The molecule has 1 aliphatic carbocycles. The molecule has 0 spiro atoms. The molecule has 0 heterocycles. The minimum atomic E-state index is 0.416. The van der Waals surface area contributed by atoms with Crippen LogP contribution >= 0.6 is 0 Å². The summed E-state index contributed by atoms with van der Waals surface area (Å²) in [6.07, 6.45) is 9.91. The molecule has 0 aromatic heterocycles. The number of hydrogen-bond donors (Lipinski definition) is 0. The molecule has 0 bridgehead atoms. The van der Waals surface area contributed by atoms with E-state index in [9.17, 15) is 0 Å². The van der Waals surface area contributed by atoms with Crippen molar-refractivity contribution in [3.63, 3.8) is 0 Å². The highest BCUT2D eigenvalue weighted by Crippen LogP contribution is 2.25. The Morgan fingerprint density at radius 1 is 1.21 bits per heavy atom. The van der Waals surface area contributed by atoms with Gasteiger partial charge < -0.3 is 4.74 Å². The number of benzene rings is 1. The first-order valence-electron chi connectivity index (χ1n) is 4.87. The Morgan fingerprint density at radius 3 is 2.71 bits per heavy atom. The summed E-state index contributed by atoms with van der Waals surface area (Å²) in [6, 6.07) is 8.22. The van der Waals surface area contributed by atoms with Gasteiger partial charge >= 0.3 is 0 Å². The molecule has 1 nitrogen and oxygen atoms in total. The maximum Gasteiger partial charge on any atom is 0.119 e. The van der Waals surface area contributed by atoms with E-state index in [-0.39, 0.29) is 0 Å². The third-order valence-electron chi connectivity index (χ3n) is 2.44. The van der Waals surface area contributed by atoms with Crippen molar-refractivity contribution in [3.8, 4) is 5.75 Å². The normalized spacial score (nSPS) is 15.8. The van der Waals surface area contributed by atoms with Gasteiger partial charge in [-0.05, 0) is 24.1 Å². The molecule has 1 heteroatoms. The van der Waals surface area contributed by atoms with Crippen LogP contribution in [0.1, 0.15) is 17.9 Å². The molecule has 0 saturated heterocycles. The molecule has 72 valence electrons. The van der Waals surface area contributed by atoms with Gasteiger partial charge in [0.1, 0.15) is 5.75 Å². The summed E-state index contributed by atoms with van der Waals surface area (Å²) >= 11 is 0. The highest BCUT2D eigenvalue weighted by atomic mass is 16.5. The van der Waals surface area contributed by atoms with Crippen molar-refractivity contribution >= 4 is 0 Å². The SMILES string of the molecule is COc1cccc(C2C=CCC=C2)c1. The summed E-state index contributed by atoms with van der Waals surface area (Å²) in [5, 5.41) is 0. The zero-order valence-corrected chi connectivity index (χ0v) is 8.31. The Hall–Kier alpha value is -1.50. The molecule has 1 aromatic rings. The van der Waals surface area contributed by atoms with Gasteiger partial charge in [-0.1, -0.05) is 36.4 Å². The first-order valence-corrected chi connectivity index (χ1v) is 4.87. The van der Waals surface area contributed by atoms with Gasteiger partial charge in [0.15, 0.2) is 0 Å². The number of ether oxygens (including phenoxy) is 1.